The van der Waals surface area contributed by atoms with Crippen molar-refractivity contribution in [1.29, 1.82) is 0 Å². The van der Waals surface area contributed by atoms with Crippen molar-refractivity contribution in [2.75, 3.05) is 27.4 Å². The third kappa shape index (κ3) is 5.80. The standard InChI is InChI=1S/C26H27ClF3N7O5/c1-4-41-21(38)13-20-31-35-36(34-20)11-10-19-24-32-33-25(26(28,29)30)37(24)17-9-8-14(27)12-16(17)22(42-19)15-6-5-7-18(39-2)23(15)40-3/h5-9,12,19,22,35H,4,10-11,13H2,1-3H3,(H,31,34)/t19-,22-/m1/s1. The Hall–Kier alpha value is -4.08. The molecule has 3 aromatic rings. The topological polar surface area (TPSA) is 124 Å². The van der Waals surface area contributed by atoms with Crippen molar-refractivity contribution < 1.29 is 36.9 Å². The van der Waals surface area contributed by atoms with Crippen LogP contribution in [0.2, 0.25) is 5.02 Å². The fourth-order valence-corrected chi connectivity index (χ4v) is 5.01. The molecule has 5 rings (SSSR count). The number of carbonyl (C=O) groups excluding carboxylic acids is 1. The molecule has 12 nitrogen and oxygen atoms in total. The van der Waals surface area contributed by atoms with Crippen LogP contribution in [0.25, 0.3) is 5.69 Å². The summed E-state index contributed by atoms with van der Waals surface area (Å²) in [5.41, 5.74) is 6.67. The molecule has 0 bridgehead atoms. The first-order valence-electron chi connectivity index (χ1n) is 12.8. The van der Waals surface area contributed by atoms with E-state index in [2.05, 4.69) is 26.3 Å². The molecule has 2 atom stereocenters. The van der Waals surface area contributed by atoms with Gasteiger partial charge >= 0.3 is 12.1 Å². The zero-order valence-electron chi connectivity index (χ0n) is 22.7. The molecule has 0 saturated carbocycles. The molecule has 3 heterocycles. The van der Waals surface area contributed by atoms with Gasteiger partial charge in [-0.1, -0.05) is 23.7 Å². The monoisotopic (exact) mass is 609 g/mol. The van der Waals surface area contributed by atoms with Crippen molar-refractivity contribution in [3.63, 3.8) is 0 Å². The van der Waals surface area contributed by atoms with Crippen molar-refractivity contribution in [2.24, 2.45) is 5.10 Å². The third-order valence-corrected chi connectivity index (χ3v) is 6.80. The largest absolute Gasteiger partial charge is 0.493 e. The van der Waals surface area contributed by atoms with Gasteiger partial charge in [0.05, 0.1) is 26.5 Å². The van der Waals surface area contributed by atoms with Gasteiger partial charge < -0.3 is 18.9 Å². The number of ether oxygens (including phenoxy) is 4. The number of fused-ring (bicyclic) bond motifs is 3. The number of hydrogen-bond donors (Lipinski definition) is 2. The molecule has 16 heteroatoms. The minimum Gasteiger partial charge on any atom is -0.493 e. The molecule has 0 radical (unpaired) electrons. The summed E-state index contributed by atoms with van der Waals surface area (Å²) in [4.78, 5) is 11.8. The van der Waals surface area contributed by atoms with E-state index in [1.165, 1.54) is 31.5 Å². The summed E-state index contributed by atoms with van der Waals surface area (Å²) in [5, 5.41) is 13.3. The summed E-state index contributed by atoms with van der Waals surface area (Å²) >= 11 is 6.36. The molecule has 0 spiro atoms. The lowest BCUT2D eigenvalue weighted by atomic mass is 9.98. The van der Waals surface area contributed by atoms with E-state index >= 15 is 0 Å². The number of hydrogen-bond acceptors (Lipinski definition) is 11. The predicted molar refractivity (Wildman–Crippen MR) is 143 cm³/mol. The Morgan fingerprint density at radius 1 is 1.14 bits per heavy atom. The van der Waals surface area contributed by atoms with Gasteiger partial charge in [-0.15, -0.1) is 20.4 Å². The lowest BCUT2D eigenvalue weighted by Crippen LogP contribution is -2.43. The molecule has 0 unspecified atom stereocenters. The smallest absolute Gasteiger partial charge is 0.452 e. The minimum atomic E-state index is -4.81. The average molecular weight is 610 g/mol. The summed E-state index contributed by atoms with van der Waals surface area (Å²) in [6.45, 7) is 2.10. The number of aromatic nitrogens is 3. The van der Waals surface area contributed by atoms with Crippen LogP contribution in [0, 0.1) is 0 Å². The maximum absolute atomic E-state index is 14.2. The van der Waals surface area contributed by atoms with Crippen molar-refractivity contribution in [3.05, 3.63) is 64.2 Å². The second kappa shape index (κ2) is 12.0. The Morgan fingerprint density at radius 2 is 1.95 bits per heavy atom. The molecule has 42 heavy (non-hydrogen) atoms. The maximum Gasteiger partial charge on any atom is 0.452 e. The van der Waals surface area contributed by atoms with E-state index in [0.29, 0.717) is 33.5 Å². The Bertz CT molecular complexity index is 1500. The van der Waals surface area contributed by atoms with E-state index in [1.54, 1.807) is 31.2 Å². The molecule has 0 amide bonds. The summed E-state index contributed by atoms with van der Waals surface area (Å²) in [5.74, 6) is -0.636. The fourth-order valence-electron chi connectivity index (χ4n) is 4.83. The molecule has 0 saturated heterocycles. The number of benzene rings is 2. The van der Waals surface area contributed by atoms with Gasteiger partial charge in [-0.2, -0.15) is 13.2 Å². The quantitative estimate of drug-likeness (QED) is 0.343. The third-order valence-electron chi connectivity index (χ3n) is 6.56. The first kappa shape index (κ1) is 29.4. The molecular formula is C26H27ClF3N7O5. The Kier molecular flexibility index (Phi) is 8.43. The molecule has 0 aliphatic carbocycles. The number of carbonyl (C=O) groups is 1. The number of hydrazine groups is 2. The second-order valence-corrected chi connectivity index (χ2v) is 9.63. The van der Waals surface area contributed by atoms with Gasteiger partial charge in [0, 0.05) is 22.7 Å². The Labute approximate surface area is 243 Å². The highest BCUT2D eigenvalue weighted by Gasteiger charge is 2.43. The minimum absolute atomic E-state index is 0.0536. The highest BCUT2D eigenvalue weighted by Crippen LogP contribution is 2.47. The lowest BCUT2D eigenvalue weighted by molar-refractivity contribution is -0.146. The fraction of sp³-hybridized carbons (Fsp3) is 0.385. The van der Waals surface area contributed by atoms with Crippen LogP contribution < -0.4 is 20.4 Å². The van der Waals surface area contributed by atoms with Gasteiger partial charge in [0.2, 0.25) is 5.82 Å². The number of nitrogens with one attached hydrogen (secondary N) is 2. The summed E-state index contributed by atoms with van der Waals surface area (Å²) in [7, 11) is 2.94. The van der Waals surface area contributed by atoms with Gasteiger partial charge in [-0.25, -0.2) is 5.53 Å². The van der Waals surface area contributed by atoms with Crippen LogP contribution in [0.1, 0.15) is 54.7 Å². The summed E-state index contributed by atoms with van der Waals surface area (Å²) in [6, 6.07) is 9.68. The number of amidine groups is 1. The molecule has 224 valence electrons. The van der Waals surface area contributed by atoms with E-state index < -0.39 is 30.2 Å². The van der Waals surface area contributed by atoms with Crippen LogP contribution in [0.15, 0.2) is 41.5 Å². The summed E-state index contributed by atoms with van der Waals surface area (Å²) < 4.78 is 66.2. The predicted octanol–water partition coefficient (Wildman–Crippen LogP) is 4.10. The van der Waals surface area contributed by atoms with Crippen molar-refractivity contribution in [1.82, 2.24) is 30.8 Å². The van der Waals surface area contributed by atoms with Crippen LogP contribution in [-0.4, -0.2) is 59.1 Å². The Balaban J connectivity index is 1.53. The van der Waals surface area contributed by atoms with E-state index in [-0.39, 0.29) is 37.5 Å². The molecule has 2 aliphatic heterocycles. The van der Waals surface area contributed by atoms with Crippen LogP contribution in [0.5, 0.6) is 11.5 Å². The normalized spacial score (nSPS) is 18.2. The number of rotatable bonds is 9. The molecule has 2 N–H and O–H groups in total. The van der Waals surface area contributed by atoms with Gasteiger partial charge in [-0.3, -0.25) is 14.8 Å². The van der Waals surface area contributed by atoms with E-state index in [0.717, 1.165) is 4.57 Å². The number of nitrogens with zero attached hydrogens (tertiary/aromatic N) is 5. The van der Waals surface area contributed by atoms with Crippen LogP contribution in [-0.2, 0) is 20.4 Å². The Morgan fingerprint density at radius 3 is 2.67 bits per heavy atom. The van der Waals surface area contributed by atoms with Gasteiger partial charge in [-0.05, 0) is 37.6 Å². The SMILES string of the molecule is CCOC(=O)CC1=NNN(CC[C@H]2O[C@H](c3cccc(OC)c3OC)c3cc(Cl)ccc3-n3c2nnc3C(F)(F)F)N1. The molecule has 2 aliphatic rings. The highest BCUT2D eigenvalue weighted by molar-refractivity contribution is 6.30. The number of para-hydroxylation sites is 1. The van der Waals surface area contributed by atoms with Gasteiger partial charge in [0.25, 0.3) is 0 Å². The van der Waals surface area contributed by atoms with E-state index in [1.807, 2.05) is 0 Å². The van der Waals surface area contributed by atoms with E-state index in [4.69, 9.17) is 30.5 Å². The first-order valence-corrected chi connectivity index (χ1v) is 13.2. The van der Waals surface area contributed by atoms with Crippen molar-refractivity contribution in [3.8, 4) is 17.2 Å². The highest BCUT2D eigenvalue weighted by atomic mass is 35.5. The molecule has 2 aromatic carbocycles. The van der Waals surface area contributed by atoms with Gasteiger partial charge in [0.1, 0.15) is 18.6 Å². The zero-order chi connectivity index (χ0) is 30.0. The molecule has 1 aromatic heterocycles. The second-order valence-electron chi connectivity index (χ2n) is 9.20. The van der Waals surface area contributed by atoms with E-state index in [9.17, 15) is 18.0 Å². The summed E-state index contributed by atoms with van der Waals surface area (Å²) in [6.07, 6.45) is -6.71. The van der Waals surface area contributed by atoms with Crippen LogP contribution in [0.4, 0.5) is 13.2 Å². The van der Waals surface area contributed by atoms with Crippen molar-refractivity contribution >= 4 is 23.4 Å². The van der Waals surface area contributed by atoms with Crippen LogP contribution >= 0.6 is 11.6 Å². The maximum atomic E-state index is 14.2. The first-order chi connectivity index (χ1) is 20.1. The number of methoxy groups -OCH3 is 2. The van der Waals surface area contributed by atoms with Crippen LogP contribution in [0.3, 0.4) is 0 Å². The lowest BCUT2D eigenvalue weighted by Gasteiger charge is -2.26. The number of hydrazone groups is 1. The zero-order valence-corrected chi connectivity index (χ0v) is 23.5. The van der Waals surface area contributed by atoms with Crippen molar-refractivity contribution in [2.45, 2.75) is 38.1 Å². The number of esters is 1. The number of alkyl halides is 3. The van der Waals surface area contributed by atoms with Gasteiger partial charge in [0.15, 0.2) is 23.2 Å². The molecular weight excluding hydrogens is 583 g/mol. The number of halogens is 4. The average Bonchev–Trinajstić information content (AvgIpc) is 3.57. The molecule has 0 fully saturated rings.